The molecule has 1 saturated heterocycles. The molecule has 0 unspecified atom stereocenters. The highest BCUT2D eigenvalue weighted by molar-refractivity contribution is 7.89. The first-order valence-corrected chi connectivity index (χ1v) is 11.4. The fourth-order valence-corrected chi connectivity index (χ4v) is 5.25. The standard InChI is InChI=1S/C20H20ClN3O6S/c1-29-17-7-4-13(21)10-15(17)22-19(25)12-24-16-6-5-14(11-18(16)30-20(24)26)31(27,28)23-8-2-3-9-23/h4-7,10-11H,2-3,8-9,12H2,1H3,(H,22,25). The number of halogens is 1. The van der Waals surface area contributed by atoms with E-state index in [1.54, 1.807) is 12.1 Å². The van der Waals surface area contributed by atoms with Crippen LogP contribution >= 0.6 is 11.6 Å². The quantitative estimate of drug-likeness (QED) is 0.599. The minimum Gasteiger partial charge on any atom is -0.495 e. The number of nitrogens with one attached hydrogen (secondary N) is 1. The van der Waals surface area contributed by atoms with Crippen LogP contribution in [-0.2, 0) is 21.4 Å². The monoisotopic (exact) mass is 465 g/mol. The molecule has 11 heteroatoms. The molecule has 2 heterocycles. The number of carbonyl (C=O) groups is 1. The molecule has 3 aromatic rings. The van der Waals surface area contributed by atoms with Crippen molar-refractivity contribution in [3.8, 4) is 5.75 Å². The van der Waals surface area contributed by atoms with Gasteiger partial charge in [0, 0.05) is 24.2 Å². The fraction of sp³-hybridized carbons (Fsp3) is 0.300. The van der Waals surface area contributed by atoms with Gasteiger partial charge in [0.05, 0.1) is 23.2 Å². The Hall–Kier alpha value is -2.82. The van der Waals surface area contributed by atoms with Gasteiger partial charge in [-0.1, -0.05) is 11.6 Å². The summed E-state index contributed by atoms with van der Waals surface area (Å²) >= 11 is 5.97. The van der Waals surface area contributed by atoms with Gasteiger partial charge in [-0.25, -0.2) is 13.2 Å². The lowest BCUT2D eigenvalue weighted by Crippen LogP contribution is -2.27. The number of sulfonamides is 1. The minimum absolute atomic E-state index is 0.0518. The SMILES string of the molecule is COc1ccc(Cl)cc1NC(=O)Cn1c(=O)oc2cc(S(=O)(=O)N3CCCC3)ccc21. The van der Waals surface area contributed by atoms with Crippen LogP contribution in [0.2, 0.25) is 5.02 Å². The average Bonchev–Trinajstić information content (AvgIpc) is 3.37. The molecule has 0 radical (unpaired) electrons. The molecule has 1 aliphatic rings. The number of methoxy groups -OCH3 is 1. The van der Waals surface area contributed by atoms with Crippen molar-refractivity contribution in [2.45, 2.75) is 24.3 Å². The molecule has 0 atom stereocenters. The van der Waals surface area contributed by atoms with E-state index in [0.717, 1.165) is 17.4 Å². The van der Waals surface area contributed by atoms with Crippen molar-refractivity contribution in [1.82, 2.24) is 8.87 Å². The molecule has 9 nitrogen and oxygen atoms in total. The summed E-state index contributed by atoms with van der Waals surface area (Å²) in [6.07, 6.45) is 1.64. The molecule has 0 bridgehead atoms. The van der Waals surface area contributed by atoms with Gasteiger partial charge in [-0.05, 0) is 43.2 Å². The molecule has 1 N–H and O–H groups in total. The van der Waals surface area contributed by atoms with Gasteiger partial charge in [-0.3, -0.25) is 9.36 Å². The first kappa shape index (κ1) is 21.4. The number of ether oxygens (including phenoxy) is 1. The average molecular weight is 466 g/mol. The van der Waals surface area contributed by atoms with Gasteiger partial charge in [-0.15, -0.1) is 0 Å². The van der Waals surface area contributed by atoms with Crippen molar-refractivity contribution >= 4 is 44.3 Å². The normalized spacial score (nSPS) is 14.8. The van der Waals surface area contributed by atoms with Gasteiger partial charge in [-0.2, -0.15) is 4.31 Å². The number of amides is 1. The minimum atomic E-state index is -3.65. The predicted octanol–water partition coefficient (Wildman–Crippen LogP) is 2.68. The van der Waals surface area contributed by atoms with Crippen LogP contribution in [-0.4, -0.2) is 43.4 Å². The number of carbonyl (C=O) groups excluding carboxylic acids is 1. The number of anilines is 1. The molecule has 0 saturated carbocycles. The van der Waals surface area contributed by atoms with E-state index in [0.29, 0.717) is 35.1 Å². The molecule has 1 amide bonds. The molecule has 1 fully saturated rings. The topological polar surface area (TPSA) is 111 Å². The summed E-state index contributed by atoms with van der Waals surface area (Å²) in [7, 11) is -2.19. The first-order chi connectivity index (χ1) is 14.8. The van der Waals surface area contributed by atoms with Crippen LogP contribution in [0.4, 0.5) is 5.69 Å². The lowest BCUT2D eigenvalue weighted by Gasteiger charge is -2.15. The molecule has 1 aliphatic heterocycles. The number of benzene rings is 2. The van der Waals surface area contributed by atoms with Crippen LogP contribution in [0.1, 0.15) is 12.8 Å². The number of rotatable bonds is 6. The van der Waals surface area contributed by atoms with E-state index in [-0.39, 0.29) is 17.0 Å². The number of fused-ring (bicyclic) bond motifs is 1. The molecule has 2 aromatic carbocycles. The van der Waals surface area contributed by atoms with Crippen molar-refractivity contribution in [2.24, 2.45) is 0 Å². The fourth-order valence-electron chi connectivity index (χ4n) is 3.55. The zero-order valence-electron chi connectivity index (χ0n) is 16.6. The van der Waals surface area contributed by atoms with Crippen LogP contribution < -0.4 is 15.8 Å². The zero-order chi connectivity index (χ0) is 22.2. The van der Waals surface area contributed by atoms with Crippen molar-refractivity contribution < 1.29 is 22.4 Å². The number of nitrogens with zero attached hydrogens (tertiary/aromatic N) is 2. The summed E-state index contributed by atoms with van der Waals surface area (Å²) in [4.78, 5) is 24.9. The molecule has 31 heavy (non-hydrogen) atoms. The Labute approximate surface area is 183 Å². The van der Waals surface area contributed by atoms with Crippen LogP contribution in [0, 0.1) is 0 Å². The number of hydrogen-bond acceptors (Lipinski definition) is 6. The molecule has 0 spiro atoms. The molecule has 164 valence electrons. The van der Waals surface area contributed by atoms with Gasteiger partial charge in [0.2, 0.25) is 15.9 Å². The van der Waals surface area contributed by atoms with Crippen LogP contribution in [0.3, 0.4) is 0 Å². The van der Waals surface area contributed by atoms with Gasteiger partial charge in [0.1, 0.15) is 12.3 Å². The Bertz CT molecular complexity index is 1310. The van der Waals surface area contributed by atoms with Crippen molar-refractivity contribution in [3.63, 3.8) is 0 Å². The van der Waals surface area contributed by atoms with Gasteiger partial charge >= 0.3 is 5.76 Å². The third-order valence-corrected chi connectivity index (χ3v) is 7.21. The summed E-state index contributed by atoms with van der Waals surface area (Å²) in [5.41, 5.74) is 0.775. The Kier molecular flexibility index (Phi) is 5.78. The summed E-state index contributed by atoms with van der Waals surface area (Å²) in [5, 5.41) is 3.06. The maximum atomic E-state index is 12.8. The van der Waals surface area contributed by atoms with Gasteiger partial charge < -0.3 is 14.5 Å². The van der Waals surface area contributed by atoms with E-state index >= 15 is 0 Å². The van der Waals surface area contributed by atoms with E-state index < -0.39 is 21.7 Å². The summed E-state index contributed by atoms with van der Waals surface area (Å²) in [5.74, 6) is -0.850. The number of aromatic nitrogens is 1. The van der Waals surface area contributed by atoms with Crippen molar-refractivity contribution in [1.29, 1.82) is 0 Å². The molecular weight excluding hydrogens is 446 g/mol. The largest absolute Gasteiger partial charge is 0.495 e. The summed E-state index contributed by atoms with van der Waals surface area (Å²) in [6, 6.07) is 8.97. The number of oxazole rings is 1. The second-order valence-electron chi connectivity index (χ2n) is 7.09. The summed E-state index contributed by atoms with van der Waals surface area (Å²) in [6.45, 7) is 0.608. The van der Waals surface area contributed by atoms with E-state index in [4.69, 9.17) is 20.8 Å². The third kappa shape index (κ3) is 4.18. The van der Waals surface area contributed by atoms with Crippen LogP contribution in [0.25, 0.3) is 11.1 Å². The van der Waals surface area contributed by atoms with E-state index in [1.807, 2.05) is 0 Å². The van der Waals surface area contributed by atoms with Crippen LogP contribution in [0.15, 0.2) is 50.5 Å². The van der Waals surface area contributed by atoms with E-state index in [9.17, 15) is 18.0 Å². The van der Waals surface area contributed by atoms with Gasteiger partial charge in [0.15, 0.2) is 5.58 Å². The van der Waals surface area contributed by atoms with Crippen molar-refractivity contribution in [2.75, 3.05) is 25.5 Å². The van der Waals surface area contributed by atoms with Crippen LogP contribution in [0.5, 0.6) is 5.75 Å². The summed E-state index contributed by atoms with van der Waals surface area (Å²) < 4.78 is 38.5. The second kappa shape index (κ2) is 8.37. The third-order valence-electron chi connectivity index (χ3n) is 5.08. The van der Waals surface area contributed by atoms with E-state index in [1.165, 1.54) is 35.7 Å². The lowest BCUT2D eigenvalue weighted by atomic mass is 10.3. The number of hydrogen-bond donors (Lipinski definition) is 1. The van der Waals surface area contributed by atoms with E-state index in [2.05, 4.69) is 5.32 Å². The molecule has 1 aromatic heterocycles. The highest BCUT2D eigenvalue weighted by Crippen LogP contribution is 2.28. The maximum absolute atomic E-state index is 12.8. The Morgan fingerprint density at radius 2 is 1.94 bits per heavy atom. The Balaban J connectivity index is 1.60. The second-order valence-corrected chi connectivity index (χ2v) is 9.46. The zero-order valence-corrected chi connectivity index (χ0v) is 18.2. The molecule has 0 aliphatic carbocycles. The lowest BCUT2D eigenvalue weighted by molar-refractivity contribution is -0.116. The van der Waals surface area contributed by atoms with Crippen molar-refractivity contribution in [3.05, 3.63) is 52.0 Å². The van der Waals surface area contributed by atoms with Gasteiger partial charge in [0.25, 0.3) is 0 Å². The molecular formula is C20H20ClN3O6S. The predicted molar refractivity (Wildman–Crippen MR) is 115 cm³/mol. The highest BCUT2D eigenvalue weighted by atomic mass is 35.5. The Morgan fingerprint density at radius 3 is 2.65 bits per heavy atom. The molecule has 4 rings (SSSR count). The first-order valence-electron chi connectivity index (χ1n) is 9.56. The maximum Gasteiger partial charge on any atom is 0.420 e. The Morgan fingerprint density at radius 1 is 1.19 bits per heavy atom. The smallest absolute Gasteiger partial charge is 0.420 e. The highest BCUT2D eigenvalue weighted by Gasteiger charge is 2.28.